The van der Waals surface area contributed by atoms with Crippen molar-refractivity contribution < 1.29 is 17.0 Å². The van der Waals surface area contributed by atoms with Gasteiger partial charge in [-0.15, -0.1) is 0 Å². The molecular weight excluding hydrogens is 219 g/mol. The molecule has 15 heavy (non-hydrogen) atoms. The maximum atomic E-state index is 12.2. The zero-order valence-corrected chi connectivity index (χ0v) is 9.26. The Morgan fingerprint density at radius 1 is 1.20 bits per heavy atom. The number of benzene rings is 1. The number of hydrogen-bond donors (Lipinski definition) is 0. The van der Waals surface area contributed by atoms with Crippen LogP contribution >= 0.6 is 0 Å². The van der Waals surface area contributed by atoms with Crippen LogP contribution in [0.1, 0.15) is 18.1 Å². The van der Waals surface area contributed by atoms with Gasteiger partial charge in [0, 0.05) is 0 Å². The maximum Gasteiger partial charge on any atom is 0.271 e. The van der Waals surface area contributed by atoms with Gasteiger partial charge in [-0.1, -0.05) is 24.3 Å². The molecule has 0 atom stereocenters. The summed E-state index contributed by atoms with van der Waals surface area (Å²) in [6.07, 6.45) is 0. The summed E-state index contributed by atoms with van der Waals surface area (Å²) in [7, 11) is -3.50. The van der Waals surface area contributed by atoms with Crippen LogP contribution in [-0.4, -0.2) is 15.0 Å². The monoisotopic (exact) mass is 232 g/mol. The molecule has 0 saturated heterocycles. The molecule has 0 unspecified atom stereocenters. The van der Waals surface area contributed by atoms with Crippen molar-refractivity contribution >= 4 is 10.1 Å². The molecule has 0 aromatic heterocycles. The summed E-state index contributed by atoms with van der Waals surface area (Å²) in [6, 6.07) is 6.31. The molecule has 0 fully saturated rings. The fraction of sp³-hybridized carbons (Fsp3) is 0.400. The third-order valence-corrected chi connectivity index (χ3v) is 3.10. The standard InChI is InChI=1S/C10H13FO3S/c1-2-14-15(12,13)8-10-5-3-9(7-11)4-6-10/h3-6H,2,7-8H2,1H3. The van der Waals surface area contributed by atoms with E-state index in [4.69, 9.17) is 0 Å². The van der Waals surface area contributed by atoms with Crippen LogP contribution in [0.25, 0.3) is 0 Å². The van der Waals surface area contributed by atoms with Crippen LogP contribution in [0.4, 0.5) is 4.39 Å². The second-order valence-corrected chi connectivity index (χ2v) is 4.70. The molecule has 0 aliphatic carbocycles. The van der Waals surface area contributed by atoms with Crippen LogP contribution in [0.2, 0.25) is 0 Å². The zero-order chi connectivity index (χ0) is 11.3. The van der Waals surface area contributed by atoms with Crippen LogP contribution < -0.4 is 0 Å². The van der Waals surface area contributed by atoms with Crippen molar-refractivity contribution in [1.29, 1.82) is 0 Å². The SMILES string of the molecule is CCOS(=O)(=O)Cc1ccc(CF)cc1. The minimum absolute atomic E-state index is 0.130. The van der Waals surface area contributed by atoms with Gasteiger partial charge in [-0.2, -0.15) is 8.42 Å². The molecule has 0 spiro atoms. The van der Waals surface area contributed by atoms with E-state index in [2.05, 4.69) is 4.18 Å². The quantitative estimate of drug-likeness (QED) is 0.729. The second kappa shape index (κ2) is 5.23. The number of alkyl halides is 1. The topological polar surface area (TPSA) is 43.4 Å². The fourth-order valence-corrected chi connectivity index (χ4v) is 2.19. The minimum Gasteiger partial charge on any atom is -0.270 e. The molecule has 0 N–H and O–H groups in total. The molecular formula is C10H13FO3S. The lowest BCUT2D eigenvalue weighted by Crippen LogP contribution is -2.08. The Labute approximate surface area is 89.0 Å². The predicted octanol–water partition coefficient (Wildman–Crippen LogP) is 2.02. The Bertz CT molecular complexity index is 397. The molecule has 0 radical (unpaired) electrons. The maximum absolute atomic E-state index is 12.2. The highest BCUT2D eigenvalue weighted by atomic mass is 32.2. The number of halogens is 1. The van der Waals surface area contributed by atoms with Crippen molar-refractivity contribution in [2.75, 3.05) is 6.61 Å². The molecule has 84 valence electrons. The predicted molar refractivity (Wildman–Crippen MR) is 55.5 cm³/mol. The lowest BCUT2D eigenvalue weighted by Gasteiger charge is -2.03. The normalized spacial score (nSPS) is 11.6. The van der Waals surface area contributed by atoms with Crippen LogP contribution in [0.5, 0.6) is 0 Å². The molecule has 0 heterocycles. The Balaban J connectivity index is 2.73. The van der Waals surface area contributed by atoms with E-state index in [1.165, 1.54) is 0 Å². The first kappa shape index (κ1) is 12.1. The minimum atomic E-state index is -3.50. The molecule has 5 heteroatoms. The molecule has 0 aliphatic rings. The summed E-state index contributed by atoms with van der Waals surface area (Å²) in [5.41, 5.74) is 1.13. The van der Waals surface area contributed by atoms with Gasteiger partial charge in [-0.25, -0.2) is 4.39 Å². The first-order valence-electron chi connectivity index (χ1n) is 4.58. The first-order valence-corrected chi connectivity index (χ1v) is 6.16. The number of rotatable bonds is 5. The molecule has 0 aliphatic heterocycles. The third-order valence-electron chi connectivity index (χ3n) is 1.82. The van der Waals surface area contributed by atoms with Gasteiger partial charge in [0.1, 0.15) is 12.4 Å². The molecule has 3 nitrogen and oxygen atoms in total. The Hall–Kier alpha value is -0.940. The third kappa shape index (κ3) is 3.97. The van der Waals surface area contributed by atoms with E-state index in [9.17, 15) is 12.8 Å². The van der Waals surface area contributed by atoms with Crippen LogP contribution in [0.3, 0.4) is 0 Å². The zero-order valence-electron chi connectivity index (χ0n) is 8.44. The first-order chi connectivity index (χ1) is 7.07. The van der Waals surface area contributed by atoms with E-state index in [0.717, 1.165) is 0 Å². The lowest BCUT2D eigenvalue weighted by atomic mass is 10.2. The Morgan fingerprint density at radius 2 is 1.73 bits per heavy atom. The van der Waals surface area contributed by atoms with Crippen molar-refractivity contribution in [2.24, 2.45) is 0 Å². The van der Waals surface area contributed by atoms with Gasteiger partial charge in [0.15, 0.2) is 0 Å². The summed E-state index contributed by atoms with van der Waals surface area (Å²) in [5.74, 6) is -0.173. The highest BCUT2D eigenvalue weighted by Gasteiger charge is 2.10. The van der Waals surface area contributed by atoms with Crippen molar-refractivity contribution in [3.05, 3.63) is 35.4 Å². The summed E-state index contributed by atoms with van der Waals surface area (Å²) in [5, 5.41) is 0. The van der Waals surface area contributed by atoms with Gasteiger partial charge in [0.2, 0.25) is 0 Å². The molecule has 0 bridgehead atoms. The van der Waals surface area contributed by atoms with Crippen molar-refractivity contribution in [3.63, 3.8) is 0 Å². The van der Waals surface area contributed by atoms with Gasteiger partial charge >= 0.3 is 0 Å². The summed E-state index contributed by atoms with van der Waals surface area (Å²) in [4.78, 5) is 0. The van der Waals surface area contributed by atoms with E-state index < -0.39 is 16.8 Å². The average Bonchev–Trinajstić information content (AvgIpc) is 2.18. The number of hydrogen-bond acceptors (Lipinski definition) is 3. The van der Waals surface area contributed by atoms with Crippen LogP contribution in [-0.2, 0) is 26.7 Å². The summed E-state index contributed by atoms with van der Waals surface area (Å²) in [6.45, 7) is 1.20. The highest BCUT2D eigenvalue weighted by molar-refractivity contribution is 7.85. The van der Waals surface area contributed by atoms with Crippen LogP contribution in [0.15, 0.2) is 24.3 Å². The van der Waals surface area contributed by atoms with Crippen molar-refractivity contribution in [3.8, 4) is 0 Å². The van der Waals surface area contributed by atoms with E-state index in [-0.39, 0.29) is 12.4 Å². The van der Waals surface area contributed by atoms with Crippen LogP contribution in [0, 0.1) is 0 Å². The largest absolute Gasteiger partial charge is 0.271 e. The molecule has 1 aromatic carbocycles. The summed E-state index contributed by atoms with van der Waals surface area (Å²) >= 11 is 0. The van der Waals surface area contributed by atoms with Gasteiger partial charge in [0.25, 0.3) is 10.1 Å². The average molecular weight is 232 g/mol. The van der Waals surface area contributed by atoms with E-state index in [0.29, 0.717) is 11.1 Å². The molecule has 0 amide bonds. The molecule has 1 rings (SSSR count). The highest BCUT2D eigenvalue weighted by Crippen LogP contribution is 2.10. The molecule has 0 saturated carbocycles. The van der Waals surface area contributed by atoms with Gasteiger partial charge < -0.3 is 0 Å². The van der Waals surface area contributed by atoms with Crippen molar-refractivity contribution in [1.82, 2.24) is 0 Å². The van der Waals surface area contributed by atoms with Gasteiger partial charge in [-0.3, -0.25) is 4.18 Å². The Morgan fingerprint density at radius 3 is 2.20 bits per heavy atom. The fourth-order valence-electron chi connectivity index (χ4n) is 1.15. The lowest BCUT2D eigenvalue weighted by molar-refractivity contribution is 0.337. The van der Waals surface area contributed by atoms with Gasteiger partial charge in [0.05, 0.1) is 6.61 Å². The van der Waals surface area contributed by atoms with E-state index in [1.807, 2.05) is 0 Å². The van der Waals surface area contributed by atoms with Gasteiger partial charge in [-0.05, 0) is 18.1 Å². The molecule has 1 aromatic rings. The van der Waals surface area contributed by atoms with Crippen molar-refractivity contribution in [2.45, 2.75) is 19.4 Å². The second-order valence-electron chi connectivity index (χ2n) is 3.06. The summed E-state index contributed by atoms with van der Waals surface area (Å²) < 4.78 is 39.3. The van der Waals surface area contributed by atoms with E-state index in [1.54, 1.807) is 31.2 Å². The smallest absolute Gasteiger partial charge is 0.270 e. The van der Waals surface area contributed by atoms with E-state index >= 15 is 0 Å². The Kier molecular flexibility index (Phi) is 4.23.